The molecule has 0 atom stereocenters. The summed E-state index contributed by atoms with van der Waals surface area (Å²) >= 11 is 0. The molecule has 5 heteroatoms. The average molecular weight is 323 g/mol. The molecule has 0 aliphatic heterocycles. The van der Waals surface area contributed by atoms with E-state index in [2.05, 4.69) is 4.98 Å². The molecule has 0 saturated carbocycles. The number of aromatic nitrogens is 1. The number of carbonyl (C=O) groups is 1. The maximum atomic E-state index is 12.9. The molecule has 2 aromatic heterocycles. The van der Waals surface area contributed by atoms with Crippen molar-refractivity contribution in [3.05, 3.63) is 65.5 Å². The highest BCUT2D eigenvalue weighted by molar-refractivity contribution is 5.95. The second kappa shape index (κ2) is 7.27. The molecular formula is C19H21N3O2. The highest BCUT2D eigenvalue weighted by Gasteiger charge is 2.20. The predicted octanol–water partition coefficient (Wildman–Crippen LogP) is 3.13. The van der Waals surface area contributed by atoms with Crippen LogP contribution in [-0.4, -0.2) is 28.9 Å². The van der Waals surface area contributed by atoms with Crippen LogP contribution in [0.2, 0.25) is 0 Å². The molecule has 124 valence electrons. The first-order valence-corrected chi connectivity index (χ1v) is 8.08. The van der Waals surface area contributed by atoms with Gasteiger partial charge in [-0.15, -0.1) is 0 Å². The molecule has 3 rings (SSSR count). The van der Waals surface area contributed by atoms with E-state index in [1.165, 1.54) is 0 Å². The maximum Gasteiger partial charge on any atom is 0.289 e. The fourth-order valence-corrected chi connectivity index (χ4v) is 2.63. The van der Waals surface area contributed by atoms with Gasteiger partial charge in [-0.25, -0.2) is 4.98 Å². The van der Waals surface area contributed by atoms with E-state index in [9.17, 15) is 4.79 Å². The van der Waals surface area contributed by atoms with Gasteiger partial charge in [0.1, 0.15) is 5.52 Å². The lowest BCUT2D eigenvalue weighted by Crippen LogP contribution is -2.32. The molecule has 3 aromatic rings. The summed E-state index contributed by atoms with van der Waals surface area (Å²) in [5.74, 6) is 0.180. The molecule has 0 spiro atoms. The molecule has 0 saturated heterocycles. The van der Waals surface area contributed by atoms with Gasteiger partial charge in [-0.05, 0) is 37.6 Å². The van der Waals surface area contributed by atoms with Crippen molar-refractivity contribution >= 4 is 17.0 Å². The Morgan fingerprint density at radius 1 is 1.21 bits per heavy atom. The number of hydrogen-bond donors (Lipinski definition) is 1. The zero-order valence-electron chi connectivity index (χ0n) is 13.7. The Hall–Kier alpha value is -2.66. The van der Waals surface area contributed by atoms with Crippen LogP contribution in [0.4, 0.5) is 0 Å². The minimum atomic E-state index is -0.136. The summed E-state index contributed by atoms with van der Waals surface area (Å²) in [6, 6.07) is 15.3. The van der Waals surface area contributed by atoms with Crippen LogP contribution >= 0.6 is 0 Å². The summed E-state index contributed by atoms with van der Waals surface area (Å²) in [4.78, 5) is 19.0. The van der Waals surface area contributed by atoms with E-state index >= 15 is 0 Å². The number of fused-ring (bicyclic) bond motifs is 1. The molecule has 1 amide bonds. The summed E-state index contributed by atoms with van der Waals surface area (Å²) < 4.78 is 5.70. The van der Waals surface area contributed by atoms with Gasteiger partial charge in [-0.2, -0.15) is 0 Å². The van der Waals surface area contributed by atoms with Crippen LogP contribution in [0.25, 0.3) is 11.1 Å². The number of aryl methyl sites for hydroxylation is 1. The van der Waals surface area contributed by atoms with Crippen LogP contribution in [0.5, 0.6) is 0 Å². The molecule has 0 aliphatic rings. The number of carbonyl (C=O) groups excluding carboxylic acids is 1. The summed E-state index contributed by atoms with van der Waals surface area (Å²) in [6.45, 7) is 3.58. The highest BCUT2D eigenvalue weighted by Crippen LogP contribution is 2.20. The molecular weight excluding hydrogens is 302 g/mol. The monoisotopic (exact) mass is 323 g/mol. The van der Waals surface area contributed by atoms with Gasteiger partial charge in [0, 0.05) is 24.8 Å². The van der Waals surface area contributed by atoms with Crippen LogP contribution in [0, 0.1) is 6.92 Å². The summed E-state index contributed by atoms with van der Waals surface area (Å²) in [5.41, 5.74) is 8.92. The minimum absolute atomic E-state index is 0.136. The third kappa shape index (κ3) is 3.63. The van der Waals surface area contributed by atoms with Crippen LogP contribution in [0.1, 0.15) is 28.2 Å². The number of furan rings is 1. The topological polar surface area (TPSA) is 72.4 Å². The van der Waals surface area contributed by atoms with Gasteiger partial charge in [0.15, 0.2) is 11.3 Å². The Bertz CT molecular complexity index is 827. The predicted molar refractivity (Wildman–Crippen MR) is 93.6 cm³/mol. The van der Waals surface area contributed by atoms with Gasteiger partial charge in [0.2, 0.25) is 0 Å². The van der Waals surface area contributed by atoms with E-state index < -0.39 is 0 Å². The number of hydrogen-bond acceptors (Lipinski definition) is 4. The van der Waals surface area contributed by atoms with Crippen LogP contribution in [0.3, 0.4) is 0 Å². The molecule has 0 radical (unpaired) electrons. The van der Waals surface area contributed by atoms with Crippen molar-refractivity contribution in [3.8, 4) is 0 Å². The van der Waals surface area contributed by atoms with Gasteiger partial charge in [0.05, 0.1) is 0 Å². The SMILES string of the molecule is Cc1ccc2oc(C(=O)N(CCCN)Cc3ccccc3)cc2n1. The first kappa shape index (κ1) is 16.2. The molecule has 24 heavy (non-hydrogen) atoms. The van der Waals surface area contributed by atoms with Crippen molar-refractivity contribution < 1.29 is 9.21 Å². The van der Waals surface area contributed by atoms with Gasteiger partial charge in [-0.3, -0.25) is 4.79 Å². The number of pyridine rings is 1. The molecule has 0 fully saturated rings. The Balaban J connectivity index is 1.85. The Morgan fingerprint density at radius 2 is 2.00 bits per heavy atom. The van der Waals surface area contributed by atoms with Crippen LogP contribution in [0.15, 0.2) is 52.9 Å². The smallest absolute Gasteiger partial charge is 0.289 e. The first-order valence-electron chi connectivity index (χ1n) is 8.08. The molecule has 0 bridgehead atoms. The lowest BCUT2D eigenvalue weighted by molar-refractivity contribution is 0.0712. The number of benzene rings is 1. The fraction of sp³-hybridized carbons (Fsp3) is 0.263. The maximum absolute atomic E-state index is 12.9. The summed E-state index contributed by atoms with van der Waals surface area (Å²) in [6.07, 6.45) is 0.746. The van der Waals surface area contributed by atoms with Crippen molar-refractivity contribution in [2.24, 2.45) is 5.73 Å². The van der Waals surface area contributed by atoms with Crippen molar-refractivity contribution in [1.82, 2.24) is 9.88 Å². The Morgan fingerprint density at radius 3 is 2.75 bits per heavy atom. The number of nitrogens with two attached hydrogens (primary N) is 1. The van der Waals surface area contributed by atoms with E-state index in [-0.39, 0.29) is 5.91 Å². The van der Waals surface area contributed by atoms with E-state index in [0.29, 0.717) is 36.5 Å². The van der Waals surface area contributed by atoms with Crippen LogP contribution in [-0.2, 0) is 6.54 Å². The van der Waals surface area contributed by atoms with Gasteiger partial charge >= 0.3 is 0 Å². The first-order chi connectivity index (χ1) is 11.7. The molecule has 1 aromatic carbocycles. The Labute approximate surface area is 141 Å². The van der Waals surface area contributed by atoms with E-state index in [4.69, 9.17) is 10.2 Å². The minimum Gasteiger partial charge on any atom is -0.449 e. The number of rotatable bonds is 6. The average Bonchev–Trinajstić information content (AvgIpc) is 3.02. The molecule has 0 unspecified atom stereocenters. The fourth-order valence-electron chi connectivity index (χ4n) is 2.63. The molecule has 2 heterocycles. The van der Waals surface area contributed by atoms with Gasteiger partial charge < -0.3 is 15.1 Å². The lowest BCUT2D eigenvalue weighted by atomic mass is 10.2. The third-order valence-corrected chi connectivity index (χ3v) is 3.86. The largest absolute Gasteiger partial charge is 0.449 e. The van der Waals surface area contributed by atoms with Crippen molar-refractivity contribution in [2.45, 2.75) is 19.9 Å². The van der Waals surface area contributed by atoms with Crippen LogP contribution < -0.4 is 5.73 Å². The molecule has 0 aliphatic carbocycles. The van der Waals surface area contributed by atoms with E-state index in [1.54, 1.807) is 11.0 Å². The Kier molecular flexibility index (Phi) is 4.91. The number of nitrogens with zero attached hydrogens (tertiary/aromatic N) is 2. The lowest BCUT2D eigenvalue weighted by Gasteiger charge is -2.21. The van der Waals surface area contributed by atoms with E-state index in [1.807, 2.05) is 49.4 Å². The third-order valence-electron chi connectivity index (χ3n) is 3.86. The van der Waals surface area contributed by atoms with E-state index in [0.717, 1.165) is 17.7 Å². The molecule has 2 N–H and O–H groups in total. The summed E-state index contributed by atoms with van der Waals surface area (Å²) in [7, 11) is 0. The quantitative estimate of drug-likeness (QED) is 0.756. The standard InChI is InChI=1S/C19H21N3O2/c1-14-8-9-17-16(21-14)12-18(24-17)19(23)22(11-5-10-20)13-15-6-3-2-4-7-15/h2-4,6-9,12H,5,10-11,13,20H2,1H3. The normalized spacial score (nSPS) is 10.9. The van der Waals surface area contributed by atoms with Crippen molar-refractivity contribution in [1.29, 1.82) is 0 Å². The van der Waals surface area contributed by atoms with Gasteiger partial charge in [-0.1, -0.05) is 30.3 Å². The zero-order chi connectivity index (χ0) is 16.9. The molecule has 5 nitrogen and oxygen atoms in total. The summed E-state index contributed by atoms with van der Waals surface area (Å²) in [5, 5.41) is 0. The zero-order valence-corrected chi connectivity index (χ0v) is 13.7. The second-order valence-electron chi connectivity index (χ2n) is 5.80. The van der Waals surface area contributed by atoms with Crippen molar-refractivity contribution in [2.75, 3.05) is 13.1 Å². The number of amides is 1. The van der Waals surface area contributed by atoms with Crippen molar-refractivity contribution in [3.63, 3.8) is 0 Å². The van der Waals surface area contributed by atoms with Gasteiger partial charge in [0.25, 0.3) is 5.91 Å². The second-order valence-corrected chi connectivity index (χ2v) is 5.80. The highest BCUT2D eigenvalue weighted by atomic mass is 16.3.